The molecule has 0 radical (unpaired) electrons. The number of alkyl halides is 3. The molecule has 0 fully saturated rings. The van der Waals surface area contributed by atoms with Gasteiger partial charge in [0.05, 0.1) is 0 Å². The molecule has 90 valence electrons. The second-order valence-electron chi connectivity index (χ2n) is 3.48. The lowest BCUT2D eigenvalue weighted by atomic mass is 10.3. The molecule has 1 atom stereocenters. The Hall–Kier alpha value is -1.30. The van der Waals surface area contributed by atoms with Crippen molar-refractivity contribution in [2.24, 2.45) is 0 Å². The van der Waals surface area contributed by atoms with Crippen molar-refractivity contribution in [1.82, 2.24) is 10.3 Å². The Bertz CT molecular complexity index is 338. The van der Waals surface area contributed by atoms with E-state index < -0.39 is 11.9 Å². The lowest BCUT2D eigenvalue weighted by Gasteiger charge is -2.13. The van der Waals surface area contributed by atoms with Gasteiger partial charge in [-0.05, 0) is 26.1 Å². The van der Waals surface area contributed by atoms with Crippen molar-refractivity contribution in [2.45, 2.75) is 19.1 Å². The highest BCUT2D eigenvalue weighted by Crippen LogP contribution is 2.27. The van der Waals surface area contributed by atoms with E-state index in [1.807, 2.05) is 6.92 Å². The molecule has 0 bridgehead atoms. The van der Waals surface area contributed by atoms with Gasteiger partial charge >= 0.3 is 6.18 Å². The summed E-state index contributed by atoms with van der Waals surface area (Å²) in [4.78, 5) is 3.49. The molecule has 0 aliphatic carbocycles. The van der Waals surface area contributed by atoms with E-state index in [0.29, 0.717) is 6.54 Å². The molecule has 1 aromatic rings. The smallest absolute Gasteiger partial charge is 0.369 e. The van der Waals surface area contributed by atoms with Crippen LogP contribution in [0.2, 0.25) is 0 Å². The number of likely N-dealkylation sites (N-methyl/N-ethyl adjacent to an activating group) is 1. The number of rotatable bonds is 4. The summed E-state index contributed by atoms with van der Waals surface area (Å²) in [6, 6.07) is 3.96. The largest absolute Gasteiger partial charge is 0.433 e. The molecule has 3 nitrogen and oxygen atoms in total. The van der Waals surface area contributed by atoms with Crippen LogP contribution in [0.15, 0.2) is 18.2 Å². The highest BCUT2D eigenvalue weighted by molar-refractivity contribution is 5.36. The minimum atomic E-state index is -4.40. The van der Waals surface area contributed by atoms with Crippen LogP contribution in [0.25, 0.3) is 0 Å². The van der Waals surface area contributed by atoms with Gasteiger partial charge in [0.25, 0.3) is 0 Å². The van der Waals surface area contributed by atoms with E-state index in [9.17, 15) is 13.2 Å². The average Bonchev–Trinajstić information content (AvgIpc) is 2.25. The molecule has 0 saturated carbocycles. The van der Waals surface area contributed by atoms with Gasteiger partial charge in [0.2, 0.25) is 0 Å². The van der Waals surface area contributed by atoms with Crippen LogP contribution in [-0.4, -0.2) is 24.6 Å². The third kappa shape index (κ3) is 3.69. The quantitative estimate of drug-likeness (QED) is 0.836. The summed E-state index contributed by atoms with van der Waals surface area (Å²) in [5.41, 5.74) is -0.880. The van der Waals surface area contributed by atoms with Gasteiger partial charge in [-0.3, -0.25) is 0 Å². The van der Waals surface area contributed by atoms with Crippen molar-refractivity contribution < 1.29 is 13.2 Å². The van der Waals surface area contributed by atoms with Crippen LogP contribution in [0.5, 0.6) is 0 Å². The van der Waals surface area contributed by atoms with Gasteiger partial charge in [0.1, 0.15) is 11.5 Å². The number of aromatic nitrogens is 1. The minimum Gasteiger partial charge on any atom is -0.369 e. The normalized spacial score (nSPS) is 13.6. The predicted molar refractivity (Wildman–Crippen MR) is 56.3 cm³/mol. The molecule has 0 aromatic carbocycles. The molecule has 0 amide bonds. The fraction of sp³-hybridized carbons (Fsp3) is 0.500. The van der Waals surface area contributed by atoms with Crippen molar-refractivity contribution in [3.8, 4) is 0 Å². The molecular formula is C10H14F3N3. The predicted octanol–water partition coefficient (Wildman–Crippen LogP) is 2.12. The van der Waals surface area contributed by atoms with Crippen LogP contribution in [-0.2, 0) is 6.18 Å². The molecule has 0 aliphatic heterocycles. The third-order valence-corrected chi connectivity index (χ3v) is 2.12. The van der Waals surface area contributed by atoms with Gasteiger partial charge in [-0.25, -0.2) is 4.98 Å². The Balaban J connectivity index is 2.68. The summed E-state index contributed by atoms with van der Waals surface area (Å²) in [5, 5.41) is 5.80. The Morgan fingerprint density at radius 1 is 1.38 bits per heavy atom. The monoisotopic (exact) mass is 233 g/mol. The number of nitrogens with zero attached hydrogens (tertiary/aromatic N) is 1. The maximum absolute atomic E-state index is 12.3. The summed E-state index contributed by atoms with van der Waals surface area (Å²) in [6.07, 6.45) is -4.40. The zero-order valence-corrected chi connectivity index (χ0v) is 9.10. The average molecular weight is 233 g/mol. The fourth-order valence-electron chi connectivity index (χ4n) is 1.05. The molecule has 1 heterocycles. The van der Waals surface area contributed by atoms with Crippen LogP contribution < -0.4 is 10.6 Å². The number of nitrogens with one attached hydrogen (secondary N) is 2. The van der Waals surface area contributed by atoms with E-state index in [2.05, 4.69) is 15.6 Å². The zero-order valence-electron chi connectivity index (χ0n) is 9.10. The topological polar surface area (TPSA) is 37.0 Å². The fourth-order valence-corrected chi connectivity index (χ4v) is 1.05. The maximum Gasteiger partial charge on any atom is 0.433 e. The van der Waals surface area contributed by atoms with E-state index in [1.165, 1.54) is 12.1 Å². The SMILES string of the molecule is CNC(C)CNc1cccc(C(F)(F)F)n1. The Labute approximate surface area is 92.1 Å². The highest BCUT2D eigenvalue weighted by atomic mass is 19.4. The van der Waals surface area contributed by atoms with Crippen LogP contribution in [0, 0.1) is 0 Å². The summed E-state index contributed by atoms with van der Waals surface area (Å²) in [7, 11) is 1.78. The number of pyridine rings is 1. The number of anilines is 1. The van der Waals surface area contributed by atoms with Crippen molar-refractivity contribution >= 4 is 5.82 Å². The first kappa shape index (κ1) is 12.8. The minimum absolute atomic E-state index is 0.163. The Morgan fingerprint density at radius 3 is 2.62 bits per heavy atom. The molecule has 2 N–H and O–H groups in total. The molecule has 16 heavy (non-hydrogen) atoms. The molecule has 6 heteroatoms. The van der Waals surface area contributed by atoms with E-state index >= 15 is 0 Å². The second kappa shape index (κ2) is 5.16. The Kier molecular flexibility index (Phi) is 4.12. The molecule has 0 spiro atoms. The van der Waals surface area contributed by atoms with Crippen molar-refractivity contribution in [3.63, 3.8) is 0 Å². The van der Waals surface area contributed by atoms with Crippen LogP contribution in [0.4, 0.5) is 19.0 Å². The van der Waals surface area contributed by atoms with Crippen molar-refractivity contribution in [2.75, 3.05) is 18.9 Å². The first-order valence-electron chi connectivity index (χ1n) is 4.89. The van der Waals surface area contributed by atoms with E-state index in [0.717, 1.165) is 6.07 Å². The first-order chi connectivity index (χ1) is 7.43. The van der Waals surface area contributed by atoms with Gasteiger partial charge in [0, 0.05) is 12.6 Å². The van der Waals surface area contributed by atoms with Gasteiger partial charge < -0.3 is 10.6 Å². The van der Waals surface area contributed by atoms with Crippen LogP contribution in [0.3, 0.4) is 0 Å². The Morgan fingerprint density at radius 2 is 2.06 bits per heavy atom. The lowest BCUT2D eigenvalue weighted by molar-refractivity contribution is -0.141. The molecule has 1 aromatic heterocycles. The standard InChI is InChI=1S/C10H14F3N3/c1-7(14-2)6-15-9-5-3-4-8(16-9)10(11,12)13/h3-5,7,14H,6H2,1-2H3,(H,15,16). The molecular weight excluding hydrogens is 219 g/mol. The van der Waals surface area contributed by atoms with Gasteiger partial charge in [0.15, 0.2) is 0 Å². The zero-order chi connectivity index (χ0) is 12.2. The van der Waals surface area contributed by atoms with Gasteiger partial charge in [-0.15, -0.1) is 0 Å². The number of halogens is 3. The summed E-state index contributed by atoms with van der Waals surface area (Å²) in [5.74, 6) is 0.233. The molecule has 1 unspecified atom stereocenters. The van der Waals surface area contributed by atoms with E-state index in [1.54, 1.807) is 7.05 Å². The molecule has 0 saturated heterocycles. The van der Waals surface area contributed by atoms with Gasteiger partial charge in [-0.2, -0.15) is 13.2 Å². The van der Waals surface area contributed by atoms with E-state index in [-0.39, 0.29) is 11.9 Å². The lowest BCUT2D eigenvalue weighted by Crippen LogP contribution is -2.29. The van der Waals surface area contributed by atoms with E-state index in [4.69, 9.17) is 0 Å². The van der Waals surface area contributed by atoms with Crippen molar-refractivity contribution in [1.29, 1.82) is 0 Å². The highest BCUT2D eigenvalue weighted by Gasteiger charge is 2.32. The van der Waals surface area contributed by atoms with Crippen molar-refractivity contribution in [3.05, 3.63) is 23.9 Å². The molecule has 1 rings (SSSR count). The summed E-state index contributed by atoms with van der Waals surface area (Å²) < 4.78 is 37.0. The second-order valence-corrected chi connectivity index (χ2v) is 3.48. The third-order valence-electron chi connectivity index (χ3n) is 2.12. The maximum atomic E-state index is 12.3. The summed E-state index contributed by atoms with van der Waals surface area (Å²) in [6.45, 7) is 2.44. The van der Waals surface area contributed by atoms with Crippen LogP contribution in [0.1, 0.15) is 12.6 Å². The number of hydrogen-bond donors (Lipinski definition) is 2. The van der Waals surface area contributed by atoms with Gasteiger partial charge in [-0.1, -0.05) is 6.07 Å². The first-order valence-corrected chi connectivity index (χ1v) is 4.89. The molecule has 0 aliphatic rings. The summed E-state index contributed by atoms with van der Waals surface area (Å²) >= 11 is 0. The number of hydrogen-bond acceptors (Lipinski definition) is 3. The van der Waals surface area contributed by atoms with Crippen LogP contribution >= 0.6 is 0 Å².